The van der Waals surface area contributed by atoms with E-state index in [0.29, 0.717) is 16.7 Å². The van der Waals surface area contributed by atoms with Gasteiger partial charge >= 0.3 is 0 Å². The molecule has 6 N–H and O–H groups in total. The van der Waals surface area contributed by atoms with Gasteiger partial charge in [0.25, 0.3) is 0 Å². The molecule has 162 valence electrons. The molecule has 4 aromatic carbocycles. The zero-order chi connectivity index (χ0) is 23.5. The van der Waals surface area contributed by atoms with E-state index < -0.39 is 17.3 Å². The van der Waals surface area contributed by atoms with Crippen molar-refractivity contribution in [2.75, 3.05) is 17.2 Å². The van der Waals surface area contributed by atoms with Crippen LogP contribution >= 0.6 is 0 Å². The Balaban J connectivity index is 2.02. The van der Waals surface area contributed by atoms with Gasteiger partial charge in [0.2, 0.25) is 0 Å². The molecular weight excluding hydrogens is 414 g/mol. The van der Waals surface area contributed by atoms with E-state index in [1.807, 2.05) is 0 Å². The largest absolute Gasteiger partial charge is 0.397 e. The first-order chi connectivity index (χ1) is 15.9. The highest BCUT2D eigenvalue weighted by Gasteiger charge is 2.31. The van der Waals surface area contributed by atoms with Crippen LogP contribution in [0.1, 0.15) is 47.8 Å². The fourth-order valence-electron chi connectivity index (χ4n) is 3.75. The summed E-state index contributed by atoms with van der Waals surface area (Å²) in [4.78, 5) is 40.2. The van der Waals surface area contributed by atoms with Gasteiger partial charge in [-0.3, -0.25) is 14.4 Å². The van der Waals surface area contributed by atoms with Gasteiger partial charge in [-0.15, -0.1) is 0 Å². The van der Waals surface area contributed by atoms with E-state index in [4.69, 9.17) is 17.2 Å². The maximum absolute atomic E-state index is 13.4. The Bertz CT molecular complexity index is 1180. The third kappa shape index (κ3) is 3.85. The molecule has 0 radical (unpaired) electrons. The van der Waals surface area contributed by atoms with Gasteiger partial charge in [-0.05, 0) is 0 Å². The lowest BCUT2D eigenvalue weighted by molar-refractivity contribution is 0.103. The first-order valence-corrected chi connectivity index (χ1v) is 10.2. The molecule has 0 amide bonds. The molecule has 6 heteroatoms. The molecule has 0 atom stereocenters. The summed E-state index contributed by atoms with van der Waals surface area (Å²) in [5.41, 5.74) is 19.2. The summed E-state index contributed by atoms with van der Waals surface area (Å²) in [5.74, 6) is -1.51. The smallest absolute Gasteiger partial charge is 0.197 e. The third-order valence-electron chi connectivity index (χ3n) is 5.41. The molecule has 0 heterocycles. The Morgan fingerprint density at radius 1 is 0.394 bits per heavy atom. The van der Waals surface area contributed by atoms with Crippen molar-refractivity contribution in [3.8, 4) is 0 Å². The van der Waals surface area contributed by atoms with Crippen LogP contribution in [0.3, 0.4) is 0 Å². The van der Waals surface area contributed by atoms with E-state index in [1.165, 1.54) is 0 Å². The summed E-state index contributed by atoms with van der Waals surface area (Å²) in [6.07, 6.45) is 0. The standard InChI is InChI=1S/C27H21N3O3/c28-22-19(25(31)16-10-4-1-5-11-16)23(29)21(27(33)18-14-8-3-9-15-18)24(30)20(22)26(32)17-12-6-2-7-13-17/h1-15H,28-30H2. The second kappa shape index (κ2) is 8.80. The second-order valence-corrected chi connectivity index (χ2v) is 7.45. The Kier molecular flexibility index (Phi) is 5.74. The molecular formula is C27H21N3O3. The predicted molar refractivity (Wildman–Crippen MR) is 129 cm³/mol. The van der Waals surface area contributed by atoms with Crippen molar-refractivity contribution in [1.29, 1.82) is 0 Å². The van der Waals surface area contributed by atoms with E-state index in [9.17, 15) is 14.4 Å². The number of carbonyl (C=O) groups is 3. The van der Waals surface area contributed by atoms with Gasteiger partial charge < -0.3 is 17.2 Å². The summed E-state index contributed by atoms with van der Waals surface area (Å²) in [7, 11) is 0. The minimum atomic E-state index is -0.505. The highest BCUT2D eigenvalue weighted by atomic mass is 16.1. The summed E-state index contributed by atoms with van der Waals surface area (Å²) < 4.78 is 0. The fourth-order valence-corrected chi connectivity index (χ4v) is 3.75. The first-order valence-electron chi connectivity index (χ1n) is 10.2. The van der Waals surface area contributed by atoms with Crippen LogP contribution in [0.2, 0.25) is 0 Å². The molecule has 0 aliphatic carbocycles. The molecule has 0 aliphatic rings. The lowest BCUT2D eigenvalue weighted by Crippen LogP contribution is -2.21. The zero-order valence-corrected chi connectivity index (χ0v) is 17.6. The second-order valence-electron chi connectivity index (χ2n) is 7.45. The third-order valence-corrected chi connectivity index (χ3v) is 5.41. The van der Waals surface area contributed by atoms with Crippen LogP contribution < -0.4 is 17.2 Å². The molecule has 0 spiro atoms. The number of hydrogen-bond donors (Lipinski definition) is 3. The monoisotopic (exact) mass is 435 g/mol. The van der Waals surface area contributed by atoms with Gasteiger partial charge in [0, 0.05) is 16.7 Å². The van der Waals surface area contributed by atoms with Gasteiger partial charge in [-0.1, -0.05) is 91.0 Å². The molecule has 0 saturated carbocycles. The van der Waals surface area contributed by atoms with Crippen LogP contribution in [-0.4, -0.2) is 17.3 Å². The lowest BCUT2D eigenvalue weighted by Gasteiger charge is -2.19. The number of ketones is 3. The van der Waals surface area contributed by atoms with Crippen molar-refractivity contribution in [3.05, 3.63) is 124 Å². The summed E-state index contributed by atoms with van der Waals surface area (Å²) in [5, 5.41) is 0. The zero-order valence-electron chi connectivity index (χ0n) is 17.6. The van der Waals surface area contributed by atoms with Crippen molar-refractivity contribution in [1.82, 2.24) is 0 Å². The Morgan fingerprint density at radius 2 is 0.606 bits per heavy atom. The average molecular weight is 435 g/mol. The van der Waals surface area contributed by atoms with Crippen molar-refractivity contribution < 1.29 is 14.4 Å². The molecule has 6 nitrogen and oxygen atoms in total. The molecule has 0 saturated heterocycles. The minimum Gasteiger partial charge on any atom is -0.397 e. The molecule has 0 unspecified atom stereocenters. The normalized spacial score (nSPS) is 10.5. The van der Waals surface area contributed by atoms with Crippen molar-refractivity contribution in [2.45, 2.75) is 0 Å². The number of benzene rings is 4. The van der Waals surface area contributed by atoms with Crippen LogP contribution in [0.15, 0.2) is 91.0 Å². The molecule has 0 fully saturated rings. The van der Waals surface area contributed by atoms with Gasteiger partial charge in [0.15, 0.2) is 17.3 Å². The Morgan fingerprint density at radius 3 is 0.818 bits per heavy atom. The van der Waals surface area contributed by atoms with E-state index in [0.717, 1.165) is 0 Å². The number of nitrogens with two attached hydrogens (primary N) is 3. The number of rotatable bonds is 6. The summed E-state index contributed by atoms with van der Waals surface area (Å²) in [6, 6.07) is 25.1. The van der Waals surface area contributed by atoms with Crippen LogP contribution in [0.4, 0.5) is 17.1 Å². The van der Waals surface area contributed by atoms with E-state index >= 15 is 0 Å². The number of carbonyl (C=O) groups excluding carboxylic acids is 3. The van der Waals surface area contributed by atoms with Gasteiger partial charge in [0.1, 0.15) is 0 Å². The summed E-state index contributed by atoms with van der Waals surface area (Å²) >= 11 is 0. The predicted octanol–water partition coefficient (Wildman–Crippen LogP) is 4.13. The van der Waals surface area contributed by atoms with E-state index in [2.05, 4.69) is 0 Å². The summed E-state index contributed by atoms with van der Waals surface area (Å²) in [6.45, 7) is 0. The Labute approximate surface area is 190 Å². The Hall–Kier alpha value is -4.71. The maximum Gasteiger partial charge on any atom is 0.197 e. The average Bonchev–Trinajstić information content (AvgIpc) is 2.85. The molecule has 33 heavy (non-hydrogen) atoms. The number of nitrogen functional groups attached to an aromatic ring is 3. The van der Waals surface area contributed by atoms with Crippen molar-refractivity contribution in [3.63, 3.8) is 0 Å². The number of anilines is 3. The van der Waals surface area contributed by atoms with E-state index in [1.54, 1.807) is 91.0 Å². The van der Waals surface area contributed by atoms with Crippen molar-refractivity contribution in [2.24, 2.45) is 0 Å². The van der Waals surface area contributed by atoms with Crippen LogP contribution in [0.5, 0.6) is 0 Å². The van der Waals surface area contributed by atoms with Crippen molar-refractivity contribution >= 4 is 34.4 Å². The molecule has 0 aliphatic heterocycles. The fraction of sp³-hybridized carbons (Fsp3) is 0. The minimum absolute atomic E-state index is 0.117. The first kappa shape index (κ1) is 21.5. The van der Waals surface area contributed by atoms with Gasteiger partial charge in [0.05, 0.1) is 33.8 Å². The highest BCUT2D eigenvalue weighted by Crippen LogP contribution is 2.38. The van der Waals surface area contributed by atoms with Gasteiger partial charge in [-0.25, -0.2) is 0 Å². The van der Waals surface area contributed by atoms with Crippen LogP contribution in [0.25, 0.3) is 0 Å². The maximum atomic E-state index is 13.4. The highest BCUT2D eigenvalue weighted by molar-refractivity contribution is 6.28. The number of hydrogen-bond acceptors (Lipinski definition) is 6. The molecule has 4 rings (SSSR count). The van der Waals surface area contributed by atoms with Crippen LogP contribution in [0, 0.1) is 0 Å². The van der Waals surface area contributed by atoms with E-state index in [-0.39, 0.29) is 33.8 Å². The molecule has 0 bridgehead atoms. The van der Waals surface area contributed by atoms with Gasteiger partial charge in [-0.2, -0.15) is 0 Å². The SMILES string of the molecule is Nc1c(C(=O)c2ccccc2)c(N)c(C(=O)c2ccccc2)c(N)c1C(=O)c1ccccc1. The van der Waals surface area contributed by atoms with Crippen LogP contribution in [-0.2, 0) is 0 Å². The lowest BCUT2D eigenvalue weighted by atomic mass is 9.86. The molecule has 0 aromatic heterocycles. The quantitative estimate of drug-likeness (QED) is 0.308. The topological polar surface area (TPSA) is 129 Å². The molecule has 4 aromatic rings.